The number of hydrogen-bond donors (Lipinski definition) is 1. The summed E-state index contributed by atoms with van der Waals surface area (Å²) < 4.78 is 0. The Morgan fingerprint density at radius 2 is 1.79 bits per heavy atom. The van der Waals surface area contributed by atoms with Crippen molar-refractivity contribution in [3.63, 3.8) is 0 Å². The first-order valence-corrected chi connectivity index (χ1v) is 8.38. The fraction of sp³-hybridized carbons (Fsp3) is 1.00. The van der Waals surface area contributed by atoms with E-state index in [9.17, 15) is 0 Å². The maximum absolute atomic E-state index is 3.74. The number of nitrogens with zero attached hydrogens (tertiary/aromatic N) is 1. The zero-order valence-electron chi connectivity index (χ0n) is 14.0. The van der Waals surface area contributed by atoms with Crippen LogP contribution in [0, 0.1) is 5.41 Å². The molecule has 1 aliphatic carbocycles. The number of nitrogens with one attached hydrogen (secondary N) is 1. The lowest BCUT2D eigenvalue weighted by Crippen LogP contribution is -2.44. The largest absolute Gasteiger partial charge is 0.313 e. The molecular weight excluding hydrogens is 232 g/mol. The Bertz CT molecular complexity index is 226. The van der Waals surface area contributed by atoms with Gasteiger partial charge < -0.3 is 10.2 Å². The van der Waals surface area contributed by atoms with Crippen molar-refractivity contribution in [2.24, 2.45) is 5.41 Å². The average Bonchev–Trinajstić information content (AvgIpc) is 2.38. The van der Waals surface area contributed by atoms with Crippen LogP contribution in [0.2, 0.25) is 0 Å². The molecule has 2 nitrogen and oxygen atoms in total. The van der Waals surface area contributed by atoms with Crippen LogP contribution in [0.15, 0.2) is 0 Å². The Hall–Kier alpha value is -0.0800. The Kier molecular flexibility index (Phi) is 7.38. The van der Waals surface area contributed by atoms with Crippen LogP contribution in [0.4, 0.5) is 0 Å². The van der Waals surface area contributed by atoms with Crippen molar-refractivity contribution in [2.75, 3.05) is 20.1 Å². The van der Waals surface area contributed by atoms with Gasteiger partial charge in [-0.3, -0.25) is 0 Å². The van der Waals surface area contributed by atoms with Crippen LogP contribution in [0.3, 0.4) is 0 Å². The van der Waals surface area contributed by atoms with Crippen molar-refractivity contribution in [2.45, 2.75) is 84.7 Å². The molecule has 19 heavy (non-hydrogen) atoms. The highest BCUT2D eigenvalue weighted by atomic mass is 15.1. The van der Waals surface area contributed by atoms with Gasteiger partial charge in [0.15, 0.2) is 0 Å². The SMILES string of the molecule is CCCNC(CCN(C)C1CCCCC1)C(C)(C)C. The third-order valence-electron chi connectivity index (χ3n) is 4.65. The highest BCUT2D eigenvalue weighted by Gasteiger charge is 2.25. The monoisotopic (exact) mass is 268 g/mol. The maximum Gasteiger partial charge on any atom is 0.0128 e. The van der Waals surface area contributed by atoms with Gasteiger partial charge in [0, 0.05) is 12.1 Å². The van der Waals surface area contributed by atoms with Crippen LogP contribution < -0.4 is 5.32 Å². The summed E-state index contributed by atoms with van der Waals surface area (Å²) in [6, 6.07) is 1.49. The first-order valence-electron chi connectivity index (χ1n) is 8.38. The molecule has 1 atom stereocenters. The molecule has 1 unspecified atom stereocenters. The Morgan fingerprint density at radius 3 is 2.32 bits per heavy atom. The normalized spacial score (nSPS) is 19.9. The zero-order valence-corrected chi connectivity index (χ0v) is 14.0. The first-order chi connectivity index (χ1) is 8.95. The van der Waals surface area contributed by atoms with E-state index in [0.717, 1.165) is 12.6 Å². The van der Waals surface area contributed by atoms with Gasteiger partial charge in [0.1, 0.15) is 0 Å². The Balaban J connectivity index is 2.37. The summed E-state index contributed by atoms with van der Waals surface area (Å²) in [4.78, 5) is 2.62. The zero-order chi connectivity index (χ0) is 14.3. The van der Waals surface area contributed by atoms with Crippen molar-refractivity contribution in [1.82, 2.24) is 10.2 Å². The van der Waals surface area contributed by atoms with Gasteiger partial charge in [-0.25, -0.2) is 0 Å². The molecule has 1 saturated carbocycles. The van der Waals surface area contributed by atoms with Crippen molar-refractivity contribution in [3.8, 4) is 0 Å². The van der Waals surface area contributed by atoms with Gasteiger partial charge in [-0.05, 0) is 51.2 Å². The molecule has 1 N–H and O–H groups in total. The molecule has 1 rings (SSSR count). The van der Waals surface area contributed by atoms with Gasteiger partial charge in [-0.2, -0.15) is 0 Å². The lowest BCUT2D eigenvalue weighted by atomic mass is 9.84. The molecule has 114 valence electrons. The van der Waals surface area contributed by atoms with Crippen molar-refractivity contribution < 1.29 is 0 Å². The summed E-state index contributed by atoms with van der Waals surface area (Å²) in [7, 11) is 2.33. The first kappa shape index (κ1) is 17.0. The van der Waals surface area contributed by atoms with E-state index >= 15 is 0 Å². The summed E-state index contributed by atoms with van der Waals surface area (Å²) >= 11 is 0. The fourth-order valence-corrected chi connectivity index (χ4v) is 3.20. The number of hydrogen-bond acceptors (Lipinski definition) is 2. The maximum atomic E-state index is 3.74. The van der Waals surface area contributed by atoms with E-state index in [0.29, 0.717) is 11.5 Å². The van der Waals surface area contributed by atoms with Gasteiger partial charge >= 0.3 is 0 Å². The minimum absolute atomic E-state index is 0.364. The molecule has 0 heterocycles. The molecule has 0 bridgehead atoms. The Labute approximate surface area is 121 Å². The molecule has 0 radical (unpaired) electrons. The summed E-state index contributed by atoms with van der Waals surface area (Å²) in [6.07, 6.45) is 9.66. The highest BCUT2D eigenvalue weighted by Crippen LogP contribution is 2.25. The number of rotatable bonds is 7. The van der Waals surface area contributed by atoms with E-state index in [2.05, 4.69) is 45.0 Å². The summed E-state index contributed by atoms with van der Waals surface area (Å²) in [5.74, 6) is 0. The standard InChI is InChI=1S/C17H36N2/c1-6-13-18-16(17(2,3)4)12-14-19(5)15-10-8-7-9-11-15/h15-16,18H,6-14H2,1-5H3. The van der Waals surface area contributed by atoms with Crippen molar-refractivity contribution in [1.29, 1.82) is 0 Å². The Morgan fingerprint density at radius 1 is 1.16 bits per heavy atom. The lowest BCUT2D eigenvalue weighted by molar-refractivity contribution is 0.163. The minimum Gasteiger partial charge on any atom is -0.313 e. The average molecular weight is 268 g/mol. The predicted molar refractivity (Wildman–Crippen MR) is 85.7 cm³/mol. The second kappa shape index (κ2) is 8.26. The second-order valence-electron chi connectivity index (χ2n) is 7.43. The molecule has 0 saturated heterocycles. The molecule has 1 aliphatic rings. The van der Waals surface area contributed by atoms with Gasteiger partial charge in [-0.15, -0.1) is 0 Å². The van der Waals surface area contributed by atoms with Crippen LogP contribution in [-0.4, -0.2) is 37.1 Å². The van der Waals surface area contributed by atoms with E-state index in [1.54, 1.807) is 0 Å². The molecule has 0 aromatic carbocycles. The molecule has 0 amide bonds. The molecule has 0 spiro atoms. The quantitative estimate of drug-likeness (QED) is 0.749. The smallest absolute Gasteiger partial charge is 0.0128 e. The van der Waals surface area contributed by atoms with Gasteiger partial charge in [-0.1, -0.05) is 47.0 Å². The molecule has 1 fully saturated rings. The molecular formula is C17H36N2. The van der Waals surface area contributed by atoms with Gasteiger partial charge in [0.05, 0.1) is 0 Å². The third-order valence-corrected chi connectivity index (χ3v) is 4.65. The predicted octanol–water partition coefficient (Wildman–Crippen LogP) is 4.06. The van der Waals surface area contributed by atoms with Crippen molar-refractivity contribution >= 4 is 0 Å². The summed E-state index contributed by atoms with van der Waals surface area (Å²) in [5.41, 5.74) is 0.364. The molecule has 0 aromatic rings. The molecule has 0 aliphatic heterocycles. The van der Waals surface area contributed by atoms with Crippen LogP contribution in [0.1, 0.15) is 72.6 Å². The fourth-order valence-electron chi connectivity index (χ4n) is 3.20. The van der Waals surface area contributed by atoms with E-state index in [4.69, 9.17) is 0 Å². The van der Waals surface area contributed by atoms with Gasteiger partial charge in [0.25, 0.3) is 0 Å². The summed E-state index contributed by atoms with van der Waals surface area (Å²) in [6.45, 7) is 11.7. The second-order valence-corrected chi connectivity index (χ2v) is 7.43. The topological polar surface area (TPSA) is 15.3 Å². The minimum atomic E-state index is 0.364. The third kappa shape index (κ3) is 6.27. The van der Waals surface area contributed by atoms with E-state index in [1.165, 1.54) is 51.5 Å². The van der Waals surface area contributed by atoms with E-state index in [-0.39, 0.29) is 0 Å². The molecule has 0 aromatic heterocycles. The lowest BCUT2D eigenvalue weighted by Gasteiger charge is -2.36. The summed E-state index contributed by atoms with van der Waals surface area (Å²) in [5, 5.41) is 3.74. The van der Waals surface area contributed by atoms with Crippen LogP contribution >= 0.6 is 0 Å². The van der Waals surface area contributed by atoms with Gasteiger partial charge in [0.2, 0.25) is 0 Å². The van der Waals surface area contributed by atoms with E-state index in [1.807, 2.05) is 0 Å². The van der Waals surface area contributed by atoms with Crippen molar-refractivity contribution in [3.05, 3.63) is 0 Å². The highest BCUT2D eigenvalue weighted by molar-refractivity contribution is 4.82. The van der Waals surface area contributed by atoms with Crippen LogP contribution in [0.25, 0.3) is 0 Å². The van der Waals surface area contributed by atoms with E-state index < -0.39 is 0 Å². The molecule has 2 heteroatoms. The van der Waals surface area contributed by atoms with Crippen LogP contribution in [0.5, 0.6) is 0 Å². The van der Waals surface area contributed by atoms with Crippen LogP contribution in [-0.2, 0) is 0 Å².